The first-order valence-electron chi connectivity index (χ1n) is 7.13. The molecule has 0 saturated carbocycles. The molecule has 22 heavy (non-hydrogen) atoms. The second-order valence-corrected chi connectivity index (χ2v) is 7.51. The summed E-state index contributed by atoms with van der Waals surface area (Å²) in [5.41, 5.74) is 1.56. The number of hydrogen-bond donors (Lipinski definition) is 0. The molecular formula is C17H24F2O3. The van der Waals surface area contributed by atoms with Crippen LogP contribution in [0.2, 0.25) is 0 Å². The molecule has 124 valence electrons. The van der Waals surface area contributed by atoms with Crippen LogP contribution < -0.4 is 4.74 Å². The van der Waals surface area contributed by atoms with Gasteiger partial charge in [0.25, 0.3) is 0 Å². The third kappa shape index (κ3) is 5.62. The van der Waals surface area contributed by atoms with Gasteiger partial charge in [-0.05, 0) is 34.1 Å². The Kier molecular flexibility index (Phi) is 4.90. The molecule has 1 aromatic rings. The minimum Gasteiger partial charge on any atom is -0.395 e. The first-order valence-corrected chi connectivity index (χ1v) is 7.13. The van der Waals surface area contributed by atoms with E-state index in [4.69, 9.17) is 4.74 Å². The fourth-order valence-corrected chi connectivity index (χ4v) is 1.79. The third-order valence-electron chi connectivity index (χ3n) is 3.10. The van der Waals surface area contributed by atoms with Crippen molar-refractivity contribution in [1.29, 1.82) is 0 Å². The SMILES string of the molecule is CC(F)(F)OC(=O)Oc1cc(C(C)(C)C)cc(C(C)(C)C)c1. The van der Waals surface area contributed by atoms with Crippen LogP contribution in [-0.4, -0.2) is 12.3 Å². The second-order valence-electron chi connectivity index (χ2n) is 7.51. The number of benzene rings is 1. The van der Waals surface area contributed by atoms with Crippen molar-refractivity contribution in [3.05, 3.63) is 29.3 Å². The number of halogens is 2. The summed E-state index contributed by atoms with van der Waals surface area (Å²) in [4.78, 5) is 11.4. The maximum atomic E-state index is 12.7. The van der Waals surface area contributed by atoms with Gasteiger partial charge in [-0.2, -0.15) is 8.78 Å². The van der Waals surface area contributed by atoms with Gasteiger partial charge in [0.1, 0.15) is 5.75 Å². The van der Waals surface area contributed by atoms with Crippen LogP contribution in [-0.2, 0) is 15.6 Å². The van der Waals surface area contributed by atoms with Crippen molar-refractivity contribution in [2.45, 2.75) is 65.4 Å². The molecule has 0 atom stereocenters. The summed E-state index contributed by atoms with van der Waals surface area (Å²) in [6.45, 7) is 12.6. The molecule has 0 spiro atoms. The zero-order valence-electron chi connectivity index (χ0n) is 14.2. The van der Waals surface area contributed by atoms with Crippen molar-refractivity contribution in [3.63, 3.8) is 0 Å². The van der Waals surface area contributed by atoms with Crippen LogP contribution in [0.25, 0.3) is 0 Å². The number of alkyl halides is 2. The second kappa shape index (κ2) is 5.86. The van der Waals surface area contributed by atoms with Gasteiger partial charge in [0.2, 0.25) is 0 Å². The Labute approximate surface area is 130 Å². The molecule has 1 rings (SSSR count). The predicted molar refractivity (Wildman–Crippen MR) is 81.6 cm³/mol. The highest BCUT2D eigenvalue weighted by Gasteiger charge is 2.28. The van der Waals surface area contributed by atoms with E-state index in [2.05, 4.69) is 4.74 Å². The maximum absolute atomic E-state index is 12.7. The van der Waals surface area contributed by atoms with E-state index in [1.54, 1.807) is 12.1 Å². The molecule has 1 aromatic carbocycles. The van der Waals surface area contributed by atoms with Gasteiger partial charge in [0, 0.05) is 6.92 Å². The maximum Gasteiger partial charge on any atom is 0.518 e. The molecule has 0 heterocycles. The Balaban J connectivity index is 3.17. The van der Waals surface area contributed by atoms with Crippen LogP contribution in [0.3, 0.4) is 0 Å². The summed E-state index contributed by atoms with van der Waals surface area (Å²) in [6, 6.07) is 5.38. The molecule has 0 saturated heterocycles. The van der Waals surface area contributed by atoms with Crippen LogP contribution in [0.1, 0.15) is 59.6 Å². The molecule has 5 heteroatoms. The number of rotatable bonds is 2. The van der Waals surface area contributed by atoms with E-state index in [0.717, 1.165) is 11.1 Å². The van der Waals surface area contributed by atoms with E-state index in [1.165, 1.54) is 0 Å². The Bertz CT molecular complexity index is 514. The lowest BCUT2D eigenvalue weighted by molar-refractivity contribution is -0.190. The van der Waals surface area contributed by atoms with Crippen molar-refractivity contribution in [1.82, 2.24) is 0 Å². The van der Waals surface area contributed by atoms with E-state index in [-0.39, 0.29) is 16.6 Å². The van der Waals surface area contributed by atoms with Gasteiger partial charge in [-0.3, -0.25) is 0 Å². The fraction of sp³-hybridized carbons (Fsp3) is 0.588. The van der Waals surface area contributed by atoms with Gasteiger partial charge in [0.15, 0.2) is 0 Å². The highest BCUT2D eigenvalue weighted by atomic mass is 19.3. The predicted octanol–water partition coefficient (Wildman–Crippen LogP) is 5.41. The molecule has 0 fully saturated rings. The lowest BCUT2D eigenvalue weighted by atomic mass is 9.80. The molecular weight excluding hydrogens is 290 g/mol. The number of carbonyl (C=O) groups excluding carboxylic acids is 1. The topological polar surface area (TPSA) is 35.5 Å². The molecule has 0 amide bonds. The minimum atomic E-state index is -3.56. The zero-order valence-corrected chi connectivity index (χ0v) is 14.2. The van der Waals surface area contributed by atoms with E-state index in [9.17, 15) is 13.6 Å². The Morgan fingerprint density at radius 2 is 1.27 bits per heavy atom. The Morgan fingerprint density at radius 3 is 1.59 bits per heavy atom. The molecule has 0 radical (unpaired) electrons. The summed E-state index contributed by atoms with van der Waals surface area (Å²) in [5.74, 6) is 0.201. The number of hydrogen-bond acceptors (Lipinski definition) is 3. The highest BCUT2D eigenvalue weighted by Crippen LogP contribution is 2.33. The first kappa shape index (κ1) is 18.4. The van der Waals surface area contributed by atoms with Gasteiger partial charge < -0.3 is 9.47 Å². The molecule has 0 aliphatic carbocycles. The van der Waals surface area contributed by atoms with Crippen molar-refractivity contribution >= 4 is 6.16 Å². The average Bonchev–Trinajstić information content (AvgIpc) is 2.23. The summed E-state index contributed by atoms with van der Waals surface area (Å²) < 4.78 is 34.2. The van der Waals surface area contributed by atoms with Crippen LogP contribution >= 0.6 is 0 Å². The van der Waals surface area contributed by atoms with Gasteiger partial charge in [-0.1, -0.05) is 47.6 Å². The first-order chi connectivity index (χ1) is 9.68. The number of ether oxygens (including phenoxy) is 2. The fourth-order valence-electron chi connectivity index (χ4n) is 1.79. The standard InChI is InChI=1S/C17H24F2O3/c1-15(2,3)11-8-12(16(4,5)6)10-13(9-11)21-14(20)22-17(7,18)19/h8-10H,1-7H3. The Morgan fingerprint density at radius 1 is 0.864 bits per heavy atom. The van der Waals surface area contributed by atoms with Gasteiger partial charge in [-0.15, -0.1) is 0 Å². The van der Waals surface area contributed by atoms with Crippen molar-refractivity contribution in [2.75, 3.05) is 0 Å². The third-order valence-corrected chi connectivity index (χ3v) is 3.10. The van der Waals surface area contributed by atoms with Crippen LogP contribution in [0.5, 0.6) is 5.75 Å². The van der Waals surface area contributed by atoms with E-state index in [1.807, 2.05) is 47.6 Å². The lowest BCUT2D eigenvalue weighted by Crippen LogP contribution is -2.24. The normalized spacial score (nSPS) is 13.0. The van der Waals surface area contributed by atoms with Crippen molar-refractivity contribution < 1.29 is 23.0 Å². The monoisotopic (exact) mass is 314 g/mol. The van der Waals surface area contributed by atoms with Gasteiger partial charge >= 0.3 is 12.3 Å². The molecule has 0 N–H and O–H groups in total. The molecule has 0 unspecified atom stereocenters. The van der Waals surface area contributed by atoms with Crippen LogP contribution in [0, 0.1) is 0 Å². The number of carbonyl (C=O) groups is 1. The largest absolute Gasteiger partial charge is 0.518 e. The van der Waals surface area contributed by atoms with Crippen LogP contribution in [0.15, 0.2) is 18.2 Å². The van der Waals surface area contributed by atoms with Gasteiger partial charge in [-0.25, -0.2) is 4.79 Å². The molecule has 3 nitrogen and oxygen atoms in total. The minimum absolute atomic E-state index is 0.169. The molecule has 0 aliphatic rings. The average molecular weight is 314 g/mol. The van der Waals surface area contributed by atoms with Crippen LogP contribution in [0.4, 0.5) is 13.6 Å². The zero-order chi connectivity index (χ0) is 17.3. The summed E-state index contributed by atoms with van der Waals surface area (Å²) in [6.07, 6.45) is -4.98. The van der Waals surface area contributed by atoms with Crippen molar-refractivity contribution in [2.24, 2.45) is 0 Å². The van der Waals surface area contributed by atoms with E-state index in [0.29, 0.717) is 6.92 Å². The van der Waals surface area contributed by atoms with E-state index >= 15 is 0 Å². The summed E-state index contributed by atoms with van der Waals surface area (Å²) >= 11 is 0. The van der Waals surface area contributed by atoms with Crippen molar-refractivity contribution in [3.8, 4) is 5.75 Å². The quantitative estimate of drug-likeness (QED) is 0.541. The highest BCUT2D eigenvalue weighted by molar-refractivity contribution is 5.64. The van der Waals surface area contributed by atoms with Gasteiger partial charge in [0.05, 0.1) is 0 Å². The Hall–Kier alpha value is -1.65. The lowest BCUT2D eigenvalue weighted by Gasteiger charge is -2.25. The van der Waals surface area contributed by atoms with E-state index < -0.39 is 12.3 Å². The molecule has 0 aromatic heterocycles. The molecule has 0 aliphatic heterocycles. The summed E-state index contributed by atoms with van der Waals surface area (Å²) in [5, 5.41) is 0. The smallest absolute Gasteiger partial charge is 0.395 e. The summed E-state index contributed by atoms with van der Waals surface area (Å²) in [7, 11) is 0. The molecule has 0 bridgehead atoms.